The summed E-state index contributed by atoms with van der Waals surface area (Å²) in [5, 5.41) is 0. The van der Waals surface area contributed by atoms with Crippen molar-refractivity contribution in [2.24, 2.45) is 0 Å². The van der Waals surface area contributed by atoms with E-state index in [1.165, 1.54) is 0 Å². The molecule has 2 aromatic rings. The summed E-state index contributed by atoms with van der Waals surface area (Å²) in [5.41, 5.74) is 1.11. The Kier molecular flexibility index (Phi) is 3.19. The van der Waals surface area contributed by atoms with Crippen LogP contribution in [0.2, 0.25) is 4.34 Å². The first kappa shape index (κ1) is 11.2. The number of thiophene rings is 1. The van der Waals surface area contributed by atoms with Gasteiger partial charge in [-0.25, -0.2) is 4.98 Å². The van der Waals surface area contributed by atoms with Gasteiger partial charge in [-0.3, -0.25) is 0 Å². The third-order valence-electron chi connectivity index (χ3n) is 2.09. The second-order valence-electron chi connectivity index (χ2n) is 3.48. The van der Waals surface area contributed by atoms with E-state index in [1.807, 2.05) is 18.3 Å². The zero-order chi connectivity index (χ0) is 11.0. The molecule has 0 aliphatic rings. The van der Waals surface area contributed by atoms with Gasteiger partial charge in [0.15, 0.2) is 4.73 Å². The van der Waals surface area contributed by atoms with Gasteiger partial charge in [0.2, 0.25) is 0 Å². The van der Waals surface area contributed by atoms with E-state index < -0.39 is 0 Å². The van der Waals surface area contributed by atoms with E-state index in [0.717, 1.165) is 19.6 Å². The maximum absolute atomic E-state index is 5.93. The summed E-state index contributed by atoms with van der Waals surface area (Å²) >= 11 is 10.9. The molecule has 2 heterocycles. The summed E-state index contributed by atoms with van der Waals surface area (Å²) in [6.45, 7) is 4.26. The second-order valence-corrected chi connectivity index (χ2v) is 5.90. The molecule has 0 saturated carbocycles. The highest BCUT2D eigenvalue weighted by molar-refractivity contribution is 9.10. The number of halogens is 2. The predicted molar refractivity (Wildman–Crippen MR) is 68.6 cm³/mol. The maximum atomic E-state index is 5.93. The highest BCUT2D eigenvalue weighted by atomic mass is 79.9. The average molecular weight is 306 g/mol. The van der Waals surface area contributed by atoms with Crippen LogP contribution < -0.4 is 0 Å². The molecule has 0 aromatic carbocycles. The van der Waals surface area contributed by atoms with Gasteiger partial charge in [-0.05, 0) is 41.9 Å². The molecular weight excluding hydrogens is 296 g/mol. The Bertz CT molecular complexity index is 475. The third-order valence-corrected chi connectivity index (χ3v) is 3.93. The van der Waals surface area contributed by atoms with Gasteiger partial charge in [0.1, 0.15) is 0 Å². The number of hydrogen-bond acceptors (Lipinski definition) is 2. The van der Waals surface area contributed by atoms with Gasteiger partial charge in [0, 0.05) is 6.04 Å². The van der Waals surface area contributed by atoms with Gasteiger partial charge < -0.3 is 4.57 Å². The summed E-state index contributed by atoms with van der Waals surface area (Å²) in [4.78, 5) is 5.41. The van der Waals surface area contributed by atoms with E-state index in [4.69, 9.17) is 11.6 Å². The number of imidazole rings is 1. The Morgan fingerprint density at radius 2 is 2.20 bits per heavy atom. The average Bonchev–Trinajstić information content (AvgIpc) is 2.71. The molecule has 0 aliphatic heterocycles. The van der Waals surface area contributed by atoms with E-state index in [-0.39, 0.29) is 0 Å². The lowest BCUT2D eigenvalue weighted by Crippen LogP contribution is -2.02. The van der Waals surface area contributed by atoms with Gasteiger partial charge in [0.25, 0.3) is 0 Å². The van der Waals surface area contributed by atoms with Crippen LogP contribution in [0.3, 0.4) is 0 Å². The molecule has 0 spiro atoms. The Balaban J connectivity index is 2.53. The van der Waals surface area contributed by atoms with Gasteiger partial charge in [-0.15, -0.1) is 11.3 Å². The molecule has 0 radical (unpaired) electrons. The van der Waals surface area contributed by atoms with Crippen LogP contribution >= 0.6 is 38.9 Å². The number of nitrogens with zero attached hydrogens (tertiary/aromatic N) is 2. The molecule has 15 heavy (non-hydrogen) atoms. The zero-order valence-corrected chi connectivity index (χ0v) is 11.5. The topological polar surface area (TPSA) is 17.8 Å². The molecule has 2 aromatic heterocycles. The van der Waals surface area contributed by atoms with Crippen LogP contribution in [0, 0.1) is 0 Å². The summed E-state index contributed by atoms with van der Waals surface area (Å²) in [5.74, 6) is 0. The van der Waals surface area contributed by atoms with Crippen LogP contribution in [0.1, 0.15) is 19.9 Å². The van der Waals surface area contributed by atoms with E-state index >= 15 is 0 Å². The minimum absolute atomic E-state index is 0.373. The summed E-state index contributed by atoms with van der Waals surface area (Å²) in [6, 6.07) is 4.31. The largest absolute Gasteiger partial charge is 0.315 e. The van der Waals surface area contributed by atoms with Crippen molar-refractivity contribution < 1.29 is 0 Å². The summed E-state index contributed by atoms with van der Waals surface area (Å²) in [6.07, 6.45) is 1.87. The minimum atomic E-state index is 0.373. The molecule has 0 N–H and O–H groups in total. The maximum Gasteiger partial charge on any atom is 0.177 e. The van der Waals surface area contributed by atoms with Crippen LogP contribution in [-0.2, 0) is 0 Å². The van der Waals surface area contributed by atoms with Crippen molar-refractivity contribution in [2.45, 2.75) is 19.9 Å². The Labute approximate surface area is 106 Å². The van der Waals surface area contributed by atoms with Crippen molar-refractivity contribution in [3.05, 3.63) is 27.4 Å². The molecule has 0 aliphatic carbocycles. The lowest BCUT2D eigenvalue weighted by atomic mass is 10.3. The fourth-order valence-electron chi connectivity index (χ4n) is 1.46. The summed E-state index contributed by atoms with van der Waals surface area (Å²) in [7, 11) is 0. The number of aromatic nitrogens is 2. The lowest BCUT2D eigenvalue weighted by Gasteiger charge is -2.11. The highest BCUT2D eigenvalue weighted by Crippen LogP contribution is 2.34. The van der Waals surface area contributed by atoms with Gasteiger partial charge in [-0.2, -0.15) is 0 Å². The van der Waals surface area contributed by atoms with Gasteiger partial charge in [-0.1, -0.05) is 11.6 Å². The first-order chi connectivity index (χ1) is 7.09. The summed E-state index contributed by atoms with van der Waals surface area (Å²) < 4.78 is 3.80. The van der Waals surface area contributed by atoms with Crippen molar-refractivity contribution >= 4 is 38.9 Å². The van der Waals surface area contributed by atoms with Crippen LogP contribution in [0.5, 0.6) is 0 Å². The SMILES string of the molecule is CC(C)n1c(-c2ccc(Cl)s2)cnc1Br. The number of rotatable bonds is 2. The molecule has 5 heteroatoms. The quantitative estimate of drug-likeness (QED) is 0.792. The number of hydrogen-bond donors (Lipinski definition) is 0. The molecule has 80 valence electrons. The van der Waals surface area contributed by atoms with E-state index in [1.54, 1.807) is 11.3 Å². The molecule has 0 saturated heterocycles. The predicted octanol–water partition coefficient (Wildman–Crippen LogP) is 4.61. The molecule has 2 rings (SSSR count). The van der Waals surface area contributed by atoms with Gasteiger partial charge in [0.05, 0.1) is 21.1 Å². The van der Waals surface area contributed by atoms with Crippen molar-refractivity contribution in [1.29, 1.82) is 0 Å². The molecular formula is C10H10BrClN2S. The van der Waals surface area contributed by atoms with Crippen LogP contribution in [0.25, 0.3) is 10.6 Å². The Morgan fingerprint density at radius 3 is 2.73 bits per heavy atom. The smallest absolute Gasteiger partial charge is 0.177 e. The molecule has 2 nitrogen and oxygen atoms in total. The van der Waals surface area contributed by atoms with Crippen LogP contribution in [0.15, 0.2) is 23.1 Å². The first-order valence-electron chi connectivity index (χ1n) is 4.58. The van der Waals surface area contributed by atoms with Crippen molar-refractivity contribution in [2.75, 3.05) is 0 Å². The normalized spacial score (nSPS) is 11.3. The third kappa shape index (κ3) is 2.12. The van der Waals surface area contributed by atoms with Crippen LogP contribution in [-0.4, -0.2) is 9.55 Å². The zero-order valence-electron chi connectivity index (χ0n) is 8.37. The standard InChI is InChI=1S/C10H10BrClN2S/c1-6(2)14-7(5-13-10(14)11)8-3-4-9(12)15-8/h3-6H,1-2H3. The monoisotopic (exact) mass is 304 g/mol. The molecule has 0 atom stereocenters. The minimum Gasteiger partial charge on any atom is -0.315 e. The van der Waals surface area contributed by atoms with Gasteiger partial charge >= 0.3 is 0 Å². The van der Waals surface area contributed by atoms with E-state index in [9.17, 15) is 0 Å². The first-order valence-corrected chi connectivity index (χ1v) is 6.56. The van der Waals surface area contributed by atoms with Crippen molar-refractivity contribution in [1.82, 2.24) is 9.55 Å². The van der Waals surface area contributed by atoms with E-state index in [2.05, 4.69) is 39.3 Å². The molecule has 0 amide bonds. The van der Waals surface area contributed by atoms with E-state index in [0.29, 0.717) is 6.04 Å². The Morgan fingerprint density at radius 1 is 1.47 bits per heavy atom. The molecule has 0 bridgehead atoms. The fraction of sp³-hybridized carbons (Fsp3) is 0.300. The highest BCUT2D eigenvalue weighted by Gasteiger charge is 2.13. The van der Waals surface area contributed by atoms with Crippen LogP contribution in [0.4, 0.5) is 0 Å². The van der Waals surface area contributed by atoms with Crippen molar-refractivity contribution in [3.63, 3.8) is 0 Å². The van der Waals surface area contributed by atoms with Crippen molar-refractivity contribution in [3.8, 4) is 10.6 Å². The fourth-order valence-corrected chi connectivity index (χ4v) is 3.22. The lowest BCUT2D eigenvalue weighted by molar-refractivity contribution is 0.593. The molecule has 0 unspecified atom stereocenters. The molecule has 0 fully saturated rings. The second kappa shape index (κ2) is 4.28. The Hall–Kier alpha value is -0.320.